The van der Waals surface area contributed by atoms with E-state index in [1.54, 1.807) is 0 Å². The van der Waals surface area contributed by atoms with Gasteiger partial charge in [0.1, 0.15) is 5.52 Å². The number of rotatable bonds is 8. The number of ether oxygens (including phenoxy) is 1. The Hall–Kier alpha value is -2.59. The largest absolute Gasteiger partial charge is 0.464 e. The van der Waals surface area contributed by atoms with Gasteiger partial charge in [-0.25, -0.2) is 24.5 Å². The van der Waals surface area contributed by atoms with Crippen LogP contribution in [0.2, 0.25) is 0 Å². The molecule has 0 saturated carbocycles. The Labute approximate surface area is 144 Å². The molecule has 0 spiro atoms. The number of hydrogen-bond donors (Lipinski definition) is 2. The zero-order valence-corrected chi connectivity index (χ0v) is 14.5. The molecule has 1 atom stereocenters. The average molecular weight is 350 g/mol. The number of hydrogen-bond acceptors (Lipinski definition) is 9. The summed E-state index contributed by atoms with van der Waals surface area (Å²) >= 11 is 0. The normalized spacial score (nSPS) is 13.6. The second kappa shape index (κ2) is 7.99. The zero-order valence-electron chi connectivity index (χ0n) is 14.5. The van der Waals surface area contributed by atoms with E-state index >= 15 is 0 Å². The Morgan fingerprint density at radius 2 is 2.04 bits per heavy atom. The highest BCUT2D eigenvalue weighted by atomic mass is 16.7. The maximum atomic E-state index is 12.8. The number of aromatic nitrogens is 4. The molecule has 3 N–H and O–H groups in total. The lowest BCUT2D eigenvalue weighted by atomic mass is 9.96. The molecule has 0 fully saturated rings. The van der Waals surface area contributed by atoms with Crippen LogP contribution in [-0.2, 0) is 24.7 Å². The molecular weight excluding hydrogens is 328 g/mol. The van der Waals surface area contributed by atoms with Crippen molar-refractivity contribution in [3.05, 3.63) is 18.3 Å². The first-order chi connectivity index (χ1) is 12.0. The van der Waals surface area contributed by atoms with Gasteiger partial charge in [-0.2, -0.15) is 5.90 Å². The van der Waals surface area contributed by atoms with Crippen LogP contribution >= 0.6 is 0 Å². The lowest BCUT2D eigenvalue weighted by Crippen LogP contribution is -2.57. The summed E-state index contributed by atoms with van der Waals surface area (Å²) in [5, 5.41) is 0. The van der Waals surface area contributed by atoms with Crippen LogP contribution in [0.5, 0.6) is 0 Å². The van der Waals surface area contributed by atoms with Crippen molar-refractivity contribution >= 4 is 23.1 Å². The van der Waals surface area contributed by atoms with E-state index in [1.165, 1.54) is 31.5 Å². The minimum Gasteiger partial charge on any atom is -0.464 e. The highest BCUT2D eigenvalue weighted by molar-refractivity contribution is 6.05. The Kier molecular flexibility index (Phi) is 5.99. The van der Waals surface area contributed by atoms with Crippen LogP contribution in [0.4, 0.5) is 0 Å². The van der Waals surface area contributed by atoms with Crippen molar-refractivity contribution < 1.29 is 19.2 Å². The van der Waals surface area contributed by atoms with Crippen molar-refractivity contribution in [1.29, 1.82) is 0 Å². The molecule has 0 aliphatic heterocycles. The smallest absolute Gasteiger partial charge is 0.364 e. The minimum atomic E-state index is -2.02. The van der Waals surface area contributed by atoms with E-state index in [4.69, 9.17) is 10.6 Å². The molecule has 2 rings (SSSR count). The highest BCUT2D eigenvalue weighted by Gasteiger charge is 2.56. The second-order valence-electron chi connectivity index (χ2n) is 5.69. The fraction of sp³-hybridized carbons (Fsp3) is 0.533. The van der Waals surface area contributed by atoms with Crippen LogP contribution in [0.15, 0.2) is 12.5 Å². The van der Waals surface area contributed by atoms with Crippen molar-refractivity contribution in [2.75, 3.05) is 20.7 Å². The van der Waals surface area contributed by atoms with Crippen molar-refractivity contribution in [2.45, 2.75) is 31.7 Å². The molecule has 1 unspecified atom stereocenters. The molecule has 2 aromatic heterocycles. The standard InChI is InChI=1S/C15H22N6O4/c1-4-5-6-7-24-13(22)15(21(2)3,14(23)25-16)12-17-8-10-11(20-12)19-9-18-10/h8-9H,4-7,16H2,1-3H3,(H,17,18,19,20). The Bertz CT molecular complexity index is 746. The third-order valence-electron chi connectivity index (χ3n) is 3.85. The Balaban J connectivity index is 2.46. The van der Waals surface area contributed by atoms with Crippen LogP contribution in [0, 0.1) is 0 Å². The van der Waals surface area contributed by atoms with Gasteiger partial charge in [0.15, 0.2) is 11.5 Å². The van der Waals surface area contributed by atoms with Gasteiger partial charge in [0, 0.05) is 0 Å². The number of nitrogens with zero attached hydrogens (tertiary/aromatic N) is 4. The number of likely N-dealkylation sites (N-methyl/N-ethyl adjacent to an activating group) is 1. The predicted molar refractivity (Wildman–Crippen MR) is 87.8 cm³/mol. The summed E-state index contributed by atoms with van der Waals surface area (Å²) in [5.41, 5.74) is -1.15. The molecule has 0 bridgehead atoms. The maximum absolute atomic E-state index is 12.8. The molecular formula is C15H22N6O4. The molecule has 2 heterocycles. The van der Waals surface area contributed by atoms with Crippen molar-refractivity contribution in [1.82, 2.24) is 24.8 Å². The number of fused-ring (bicyclic) bond motifs is 1. The van der Waals surface area contributed by atoms with Crippen molar-refractivity contribution in [3.63, 3.8) is 0 Å². The number of esters is 1. The van der Waals surface area contributed by atoms with Crippen LogP contribution in [-0.4, -0.2) is 57.5 Å². The first-order valence-electron chi connectivity index (χ1n) is 7.90. The van der Waals surface area contributed by atoms with E-state index in [2.05, 4.69) is 24.8 Å². The lowest BCUT2D eigenvalue weighted by Gasteiger charge is -2.32. The van der Waals surface area contributed by atoms with Gasteiger partial charge in [-0.3, -0.25) is 4.90 Å². The lowest BCUT2D eigenvalue weighted by molar-refractivity contribution is -0.176. The molecule has 0 saturated heterocycles. The Morgan fingerprint density at radius 1 is 1.28 bits per heavy atom. The van der Waals surface area contributed by atoms with Crippen LogP contribution in [0.3, 0.4) is 0 Å². The SMILES string of the molecule is CCCCCOC(=O)C(C(=O)ON)(c1ncc2[nH]cnc2n1)N(C)C. The quantitative estimate of drug-likeness (QED) is 0.297. The minimum absolute atomic E-state index is 0.118. The summed E-state index contributed by atoms with van der Waals surface area (Å²) in [6.45, 7) is 2.20. The van der Waals surface area contributed by atoms with Gasteiger partial charge in [-0.1, -0.05) is 19.8 Å². The van der Waals surface area contributed by atoms with Crippen molar-refractivity contribution in [2.24, 2.45) is 5.90 Å². The summed E-state index contributed by atoms with van der Waals surface area (Å²) < 4.78 is 5.30. The Morgan fingerprint density at radius 3 is 2.68 bits per heavy atom. The molecule has 10 nitrogen and oxygen atoms in total. The van der Waals surface area contributed by atoms with E-state index in [-0.39, 0.29) is 12.4 Å². The van der Waals surface area contributed by atoms with Crippen LogP contribution in [0.25, 0.3) is 11.2 Å². The van der Waals surface area contributed by atoms with Crippen LogP contribution in [0.1, 0.15) is 32.0 Å². The first-order valence-corrected chi connectivity index (χ1v) is 7.90. The van der Waals surface area contributed by atoms with Gasteiger partial charge < -0.3 is 14.6 Å². The molecule has 0 aromatic carbocycles. The van der Waals surface area contributed by atoms with Gasteiger partial charge >= 0.3 is 11.9 Å². The molecule has 136 valence electrons. The van der Waals surface area contributed by atoms with E-state index < -0.39 is 17.5 Å². The number of nitrogens with two attached hydrogens (primary N) is 1. The van der Waals surface area contributed by atoms with Gasteiger partial charge in [0.2, 0.25) is 0 Å². The zero-order chi connectivity index (χ0) is 18.4. The molecule has 10 heteroatoms. The number of carbonyl (C=O) groups is 2. The maximum Gasteiger partial charge on any atom is 0.364 e. The number of nitrogens with one attached hydrogen (secondary N) is 1. The fourth-order valence-corrected chi connectivity index (χ4v) is 2.45. The van der Waals surface area contributed by atoms with E-state index in [1.807, 2.05) is 6.92 Å². The third-order valence-corrected chi connectivity index (χ3v) is 3.85. The average Bonchev–Trinajstić information content (AvgIpc) is 3.06. The summed E-state index contributed by atoms with van der Waals surface area (Å²) in [4.78, 5) is 46.2. The van der Waals surface area contributed by atoms with Gasteiger partial charge in [-0.05, 0) is 20.5 Å². The summed E-state index contributed by atoms with van der Waals surface area (Å²) in [6, 6.07) is 0. The molecule has 0 aliphatic rings. The molecule has 0 aliphatic carbocycles. The number of H-pyrrole nitrogens is 1. The predicted octanol–water partition coefficient (Wildman–Crippen LogP) is 0.260. The summed E-state index contributed by atoms with van der Waals surface area (Å²) in [5.74, 6) is 3.08. The van der Waals surface area contributed by atoms with Gasteiger partial charge in [-0.15, -0.1) is 0 Å². The molecule has 25 heavy (non-hydrogen) atoms. The number of unbranched alkanes of at least 4 members (excludes halogenated alkanes) is 2. The fourth-order valence-electron chi connectivity index (χ4n) is 2.45. The summed E-state index contributed by atoms with van der Waals surface area (Å²) in [6.07, 6.45) is 5.42. The first kappa shape index (κ1) is 18.7. The van der Waals surface area contributed by atoms with E-state index in [9.17, 15) is 9.59 Å². The van der Waals surface area contributed by atoms with Crippen molar-refractivity contribution in [3.8, 4) is 0 Å². The highest BCUT2D eigenvalue weighted by Crippen LogP contribution is 2.28. The number of carbonyl (C=O) groups excluding carboxylic acids is 2. The second-order valence-corrected chi connectivity index (χ2v) is 5.69. The van der Waals surface area contributed by atoms with E-state index in [0.717, 1.165) is 12.8 Å². The van der Waals surface area contributed by atoms with Crippen LogP contribution < -0.4 is 5.90 Å². The number of imidazole rings is 1. The topological polar surface area (TPSA) is 136 Å². The monoisotopic (exact) mass is 350 g/mol. The molecule has 2 aromatic rings. The molecule has 0 radical (unpaired) electrons. The van der Waals surface area contributed by atoms with Gasteiger partial charge in [0.05, 0.1) is 19.1 Å². The molecule has 0 amide bonds. The van der Waals surface area contributed by atoms with E-state index in [0.29, 0.717) is 17.6 Å². The summed E-state index contributed by atoms with van der Waals surface area (Å²) in [7, 11) is 3.03. The number of aromatic amines is 1. The third kappa shape index (κ3) is 3.44. The van der Waals surface area contributed by atoms with Gasteiger partial charge in [0.25, 0.3) is 5.54 Å².